The molecular weight excluding hydrogens is 186 g/mol. The summed E-state index contributed by atoms with van der Waals surface area (Å²) in [6, 6.07) is 8.44. The van der Waals surface area contributed by atoms with Gasteiger partial charge in [-0.05, 0) is 48.4 Å². The molecule has 2 nitrogen and oxygen atoms in total. The van der Waals surface area contributed by atoms with Crippen molar-refractivity contribution in [2.24, 2.45) is 11.7 Å². The molecule has 0 bridgehead atoms. The van der Waals surface area contributed by atoms with Gasteiger partial charge in [0.1, 0.15) is 5.75 Å². The van der Waals surface area contributed by atoms with E-state index in [4.69, 9.17) is 10.5 Å². The van der Waals surface area contributed by atoms with Gasteiger partial charge in [-0.2, -0.15) is 0 Å². The van der Waals surface area contributed by atoms with Gasteiger partial charge < -0.3 is 10.5 Å². The second-order valence-corrected chi connectivity index (χ2v) is 4.37. The van der Waals surface area contributed by atoms with Crippen LogP contribution in [0.4, 0.5) is 0 Å². The molecule has 2 heteroatoms. The van der Waals surface area contributed by atoms with E-state index in [0.717, 1.165) is 12.3 Å². The summed E-state index contributed by atoms with van der Waals surface area (Å²) >= 11 is 0. The number of ether oxygens (including phenoxy) is 1. The average molecular weight is 205 g/mol. The number of methoxy groups -OCH3 is 1. The standard InChI is InChI=1S/C13H19NO/c1-3-13(8-11(13)9-14)10-4-6-12(15-2)7-5-10/h4-7,11H,3,8-9,14H2,1-2H3/t11-,13?/m0/s1. The van der Waals surface area contributed by atoms with Gasteiger partial charge in [-0.25, -0.2) is 0 Å². The summed E-state index contributed by atoms with van der Waals surface area (Å²) in [6.07, 6.45) is 2.42. The maximum absolute atomic E-state index is 5.75. The topological polar surface area (TPSA) is 35.2 Å². The molecular formula is C13H19NO. The van der Waals surface area contributed by atoms with Crippen LogP contribution < -0.4 is 10.5 Å². The highest BCUT2D eigenvalue weighted by molar-refractivity contribution is 5.37. The molecule has 15 heavy (non-hydrogen) atoms. The molecule has 1 aliphatic rings. The summed E-state index contributed by atoms with van der Waals surface area (Å²) in [5.74, 6) is 1.60. The average Bonchev–Trinajstić information content (AvgIpc) is 3.04. The molecule has 1 saturated carbocycles. The molecule has 0 heterocycles. The van der Waals surface area contributed by atoms with Crippen LogP contribution in [0.1, 0.15) is 25.3 Å². The normalized spacial score (nSPS) is 28.9. The van der Waals surface area contributed by atoms with Gasteiger partial charge in [-0.1, -0.05) is 19.1 Å². The van der Waals surface area contributed by atoms with Crippen molar-refractivity contribution in [1.29, 1.82) is 0 Å². The lowest BCUT2D eigenvalue weighted by atomic mass is 9.90. The van der Waals surface area contributed by atoms with Crippen molar-refractivity contribution in [3.8, 4) is 5.75 Å². The van der Waals surface area contributed by atoms with Crippen LogP contribution in [0, 0.1) is 5.92 Å². The van der Waals surface area contributed by atoms with Crippen LogP contribution in [-0.4, -0.2) is 13.7 Å². The fraction of sp³-hybridized carbons (Fsp3) is 0.538. The second-order valence-electron chi connectivity index (χ2n) is 4.37. The molecule has 1 fully saturated rings. The van der Waals surface area contributed by atoms with Crippen LogP contribution >= 0.6 is 0 Å². The Morgan fingerprint density at radius 3 is 2.47 bits per heavy atom. The predicted molar refractivity (Wildman–Crippen MR) is 62.1 cm³/mol. The van der Waals surface area contributed by atoms with Crippen LogP contribution in [0.15, 0.2) is 24.3 Å². The minimum atomic E-state index is 0.362. The van der Waals surface area contributed by atoms with E-state index < -0.39 is 0 Å². The van der Waals surface area contributed by atoms with E-state index in [-0.39, 0.29) is 0 Å². The zero-order chi connectivity index (χ0) is 10.9. The van der Waals surface area contributed by atoms with E-state index in [1.165, 1.54) is 18.4 Å². The van der Waals surface area contributed by atoms with Gasteiger partial charge in [0.2, 0.25) is 0 Å². The van der Waals surface area contributed by atoms with E-state index in [2.05, 4.69) is 19.1 Å². The Labute approximate surface area is 91.4 Å². The molecule has 82 valence electrons. The van der Waals surface area contributed by atoms with Gasteiger partial charge in [-0.3, -0.25) is 0 Å². The van der Waals surface area contributed by atoms with Gasteiger partial charge in [0.05, 0.1) is 7.11 Å². The highest BCUT2D eigenvalue weighted by Crippen LogP contribution is 2.56. The third kappa shape index (κ3) is 1.63. The Bertz CT molecular complexity index is 333. The fourth-order valence-corrected chi connectivity index (χ4v) is 2.60. The quantitative estimate of drug-likeness (QED) is 0.818. The summed E-state index contributed by atoms with van der Waals surface area (Å²) in [5, 5.41) is 0. The highest BCUT2D eigenvalue weighted by Gasteiger charge is 2.52. The number of hydrogen-bond donors (Lipinski definition) is 1. The lowest BCUT2D eigenvalue weighted by molar-refractivity contribution is 0.414. The van der Waals surface area contributed by atoms with E-state index in [9.17, 15) is 0 Å². The molecule has 1 aromatic rings. The third-order valence-corrected chi connectivity index (χ3v) is 3.81. The number of benzene rings is 1. The molecule has 0 amide bonds. The van der Waals surface area contributed by atoms with Crippen molar-refractivity contribution in [2.75, 3.05) is 13.7 Å². The minimum absolute atomic E-state index is 0.362. The summed E-state index contributed by atoms with van der Waals surface area (Å²) in [6.45, 7) is 3.06. The molecule has 2 atom stereocenters. The Hall–Kier alpha value is -1.02. The first-order valence-electron chi connectivity index (χ1n) is 5.61. The molecule has 1 aromatic carbocycles. The van der Waals surface area contributed by atoms with E-state index >= 15 is 0 Å². The van der Waals surface area contributed by atoms with Crippen molar-refractivity contribution in [3.63, 3.8) is 0 Å². The van der Waals surface area contributed by atoms with Crippen molar-refractivity contribution in [1.82, 2.24) is 0 Å². The van der Waals surface area contributed by atoms with Gasteiger partial charge in [-0.15, -0.1) is 0 Å². The van der Waals surface area contributed by atoms with Crippen LogP contribution in [0.5, 0.6) is 5.75 Å². The minimum Gasteiger partial charge on any atom is -0.497 e. The first-order chi connectivity index (χ1) is 7.26. The molecule has 0 radical (unpaired) electrons. The third-order valence-electron chi connectivity index (χ3n) is 3.81. The number of nitrogens with two attached hydrogens (primary N) is 1. The number of rotatable bonds is 4. The molecule has 0 spiro atoms. The summed E-state index contributed by atoms with van der Waals surface area (Å²) < 4.78 is 5.16. The Balaban J connectivity index is 2.22. The Kier molecular flexibility index (Phi) is 2.70. The van der Waals surface area contributed by atoms with E-state index in [0.29, 0.717) is 11.3 Å². The number of hydrogen-bond acceptors (Lipinski definition) is 2. The van der Waals surface area contributed by atoms with Gasteiger partial charge in [0.25, 0.3) is 0 Å². The first-order valence-corrected chi connectivity index (χ1v) is 5.61. The van der Waals surface area contributed by atoms with E-state index in [1.807, 2.05) is 12.1 Å². The summed E-state index contributed by atoms with van der Waals surface area (Å²) in [7, 11) is 1.70. The van der Waals surface area contributed by atoms with Gasteiger partial charge in [0.15, 0.2) is 0 Å². The van der Waals surface area contributed by atoms with Crippen molar-refractivity contribution in [2.45, 2.75) is 25.2 Å². The monoisotopic (exact) mass is 205 g/mol. The smallest absolute Gasteiger partial charge is 0.118 e. The van der Waals surface area contributed by atoms with Crippen molar-refractivity contribution < 1.29 is 4.74 Å². The lowest BCUT2D eigenvalue weighted by Crippen LogP contribution is -2.14. The molecule has 0 saturated heterocycles. The van der Waals surface area contributed by atoms with Crippen molar-refractivity contribution in [3.05, 3.63) is 29.8 Å². The second kappa shape index (κ2) is 3.86. The summed E-state index contributed by atoms with van der Waals surface area (Å²) in [5.41, 5.74) is 7.53. The van der Waals surface area contributed by atoms with Crippen LogP contribution in [0.2, 0.25) is 0 Å². The Morgan fingerprint density at radius 1 is 1.40 bits per heavy atom. The molecule has 0 aliphatic heterocycles. The lowest BCUT2D eigenvalue weighted by Gasteiger charge is -2.15. The highest BCUT2D eigenvalue weighted by atomic mass is 16.5. The summed E-state index contributed by atoms with van der Waals surface area (Å²) in [4.78, 5) is 0. The van der Waals surface area contributed by atoms with Gasteiger partial charge in [0, 0.05) is 0 Å². The van der Waals surface area contributed by atoms with Crippen molar-refractivity contribution >= 4 is 0 Å². The fourth-order valence-electron chi connectivity index (χ4n) is 2.60. The molecule has 1 aliphatic carbocycles. The maximum atomic E-state index is 5.75. The SMILES string of the molecule is CCC1(c2ccc(OC)cc2)C[C@H]1CN. The Morgan fingerprint density at radius 2 is 2.07 bits per heavy atom. The first kappa shape index (κ1) is 10.5. The van der Waals surface area contributed by atoms with Crippen LogP contribution in [0.3, 0.4) is 0 Å². The molecule has 2 N–H and O–H groups in total. The predicted octanol–water partition coefficient (Wildman–Crippen LogP) is 2.32. The zero-order valence-electron chi connectivity index (χ0n) is 9.49. The van der Waals surface area contributed by atoms with Crippen LogP contribution in [-0.2, 0) is 5.41 Å². The molecule has 2 rings (SSSR count). The van der Waals surface area contributed by atoms with Gasteiger partial charge >= 0.3 is 0 Å². The van der Waals surface area contributed by atoms with Crippen LogP contribution in [0.25, 0.3) is 0 Å². The zero-order valence-corrected chi connectivity index (χ0v) is 9.49. The van der Waals surface area contributed by atoms with E-state index in [1.54, 1.807) is 7.11 Å². The maximum Gasteiger partial charge on any atom is 0.118 e. The molecule has 0 aromatic heterocycles. The largest absolute Gasteiger partial charge is 0.497 e. The molecule has 1 unspecified atom stereocenters.